The van der Waals surface area contributed by atoms with Gasteiger partial charge in [-0.25, -0.2) is 4.39 Å². The summed E-state index contributed by atoms with van der Waals surface area (Å²) < 4.78 is 19.1. The summed E-state index contributed by atoms with van der Waals surface area (Å²) >= 11 is 5.69. The Balaban J connectivity index is 1.40. The van der Waals surface area contributed by atoms with E-state index in [-0.39, 0.29) is 35.5 Å². The molecule has 2 saturated heterocycles. The fraction of sp³-hybridized carbons (Fsp3) is 0.600. The second-order valence-corrected chi connectivity index (χ2v) is 9.38. The number of unbranched alkanes of at least 4 members (excludes halogenated alkanes) is 1. The molecular weight excluding hydrogens is 461 g/mol. The number of benzene rings is 1. The molecule has 9 heteroatoms. The van der Waals surface area contributed by atoms with Crippen LogP contribution in [0.5, 0.6) is 0 Å². The van der Waals surface area contributed by atoms with Crippen LogP contribution in [0, 0.1) is 11.7 Å². The minimum Gasteiger partial charge on any atom is -0.396 e. The van der Waals surface area contributed by atoms with Gasteiger partial charge >= 0.3 is 0 Å². The van der Waals surface area contributed by atoms with E-state index in [1.165, 1.54) is 18.2 Å². The number of aliphatic hydroxyl groups is 1. The predicted molar refractivity (Wildman–Crippen MR) is 130 cm³/mol. The van der Waals surface area contributed by atoms with E-state index >= 15 is 0 Å². The standard InChI is InChI=1S/C25H35ClFN3O4/c1-34-23-17-28(12-8-20(23)18-31)10-2-3-11-29-14-15-30(13-9-25(29)33)24(32)7-5-19-4-6-21(26)22(27)16-19/h4-7,16,20,23,31H,2-3,8-15,17-18H2,1H3/t20-,23-/m0/s1. The van der Waals surface area contributed by atoms with Crippen molar-refractivity contribution in [3.05, 3.63) is 40.7 Å². The topological polar surface area (TPSA) is 73.3 Å². The van der Waals surface area contributed by atoms with Gasteiger partial charge in [0.1, 0.15) is 5.82 Å². The highest BCUT2D eigenvalue weighted by Crippen LogP contribution is 2.20. The second-order valence-electron chi connectivity index (χ2n) is 8.98. The number of ether oxygens (including phenoxy) is 1. The van der Waals surface area contributed by atoms with Crippen molar-refractivity contribution in [1.29, 1.82) is 0 Å². The molecule has 7 nitrogen and oxygen atoms in total. The molecule has 34 heavy (non-hydrogen) atoms. The summed E-state index contributed by atoms with van der Waals surface area (Å²) in [7, 11) is 1.70. The molecule has 0 radical (unpaired) electrons. The normalized spacial score (nSPS) is 22.4. The third kappa shape index (κ3) is 7.50. The molecule has 2 amide bonds. The first kappa shape index (κ1) is 26.6. The lowest BCUT2D eigenvalue weighted by atomic mass is 9.94. The molecule has 2 aliphatic heterocycles. The molecule has 2 heterocycles. The number of aliphatic hydroxyl groups excluding tert-OH is 1. The number of methoxy groups -OCH3 is 1. The highest BCUT2D eigenvalue weighted by molar-refractivity contribution is 6.30. The number of halogens is 2. The summed E-state index contributed by atoms with van der Waals surface area (Å²) in [6.45, 7) is 4.96. The Hall–Kier alpha value is -2.00. The van der Waals surface area contributed by atoms with Crippen molar-refractivity contribution in [3.8, 4) is 0 Å². The van der Waals surface area contributed by atoms with E-state index < -0.39 is 5.82 Å². The first-order valence-corrected chi connectivity index (χ1v) is 12.3. The van der Waals surface area contributed by atoms with Gasteiger partial charge in [-0.2, -0.15) is 0 Å². The Bertz CT molecular complexity index is 869. The summed E-state index contributed by atoms with van der Waals surface area (Å²) in [5.74, 6) is -0.435. The summed E-state index contributed by atoms with van der Waals surface area (Å²) in [6.07, 6.45) is 6.17. The average molecular weight is 496 g/mol. The maximum atomic E-state index is 13.6. The van der Waals surface area contributed by atoms with Crippen molar-refractivity contribution in [2.24, 2.45) is 5.92 Å². The highest BCUT2D eigenvalue weighted by atomic mass is 35.5. The molecule has 0 spiro atoms. The zero-order valence-corrected chi connectivity index (χ0v) is 20.6. The van der Waals surface area contributed by atoms with Crippen LogP contribution in [-0.4, -0.2) is 97.3 Å². The highest BCUT2D eigenvalue weighted by Gasteiger charge is 2.28. The molecule has 1 aromatic rings. The van der Waals surface area contributed by atoms with Gasteiger partial charge in [0, 0.05) is 64.9 Å². The van der Waals surface area contributed by atoms with Crippen LogP contribution in [0.25, 0.3) is 6.08 Å². The largest absolute Gasteiger partial charge is 0.396 e. The average Bonchev–Trinajstić information content (AvgIpc) is 3.03. The second kappa shape index (κ2) is 13.2. The summed E-state index contributed by atoms with van der Waals surface area (Å²) in [5.41, 5.74) is 0.556. The van der Waals surface area contributed by atoms with Gasteiger partial charge in [-0.15, -0.1) is 0 Å². The number of likely N-dealkylation sites (tertiary alicyclic amines) is 1. The van der Waals surface area contributed by atoms with Crippen molar-refractivity contribution in [2.45, 2.75) is 31.8 Å². The van der Waals surface area contributed by atoms with E-state index in [0.29, 0.717) is 38.2 Å². The van der Waals surface area contributed by atoms with Crippen LogP contribution in [0.4, 0.5) is 4.39 Å². The minimum absolute atomic E-state index is 0.0417. The number of carbonyl (C=O) groups is 2. The SMILES string of the molecule is CO[C@H]1CN(CCCCN2CCN(C(=O)C=Cc3ccc(Cl)c(F)c3)CCC2=O)CC[C@H]1CO. The van der Waals surface area contributed by atoms with Crippen molar-refractivity contribution in [3.63, 3.8) is 0 Å². The lowest BCUT2D eigenvalue weighted by molar-refractivity contribution is -0.130. The third-order valence-corrected chi connectivity index (χ3v) is 7.04. The van der Waals surface area contributed by atoms with Crippen molar-refractivity contribution in [2.75, 3.05) is 59.5 Å². The molecule has 2 atom stereocenters. The first-order valence-electron chi connectivity index (χ1n) is 12.0. The van der Waals surface area contributed by atoms with Crippen LogP contribution in [-0.2, 0) is 14.3 Å². The number of hydrogen-bond acceptors (Lipinski definition) is 5. The smallest absolute Gasteiger partial charge is 0.246 e. The van der Waals surface area contributed by atoms with Crippen LogP contribution in [0.15, 0.2) is 24.3 Å². The van der Waals surface area contributed by atoms with E-state index in [9.17, 15) is 19.1 Å². The molecule has 0 bridgehead atoms. The van der Waals surface area contributed by atoms with E-state index in [0.717, 1.165) is 38.9 Å². The Morgan fingerprint density at radius 3 is 2.76 bits per heavy atom. The molecule has 188 valence electrons. The van der Waals surface area contributed by atoms with Crippen molar-refractivity contribution in [1.82, 2.24) is 14.7 Å². The molecule has 2 fully saturated rings. The third-order valence-electron chi connectivity index (χ3n) is 6.73. The first-order chi connectivity index (χ1) is 16.4. The number of rotatable bonds is 9. The Labute approximate surface area is 206 Å². The molecule has 2 aliphatic rings. The van der Waals surface area contributed by atoms with Gasteiger partial charge in [-0.3, -0.25) is 9.59 Å². The monoisotopic (exact) mass is 495 g/mol. The molecule has 0 unspecified atom stereocenters. The number of nitrogens with zero attached hydrogens (tertiary/aromatic N) is 3. The lowest BCUT2D eigenvalue weighted by Gasteiger charge is -2.37. The zero-order chi connectivity index (χ0) is 24.5. The Morgan fingerprint density at radius 2 is 2.03 bits per heavy atom. The zero-order valence-electron chi connectivity index (χ0n) is 19.8. The van der Waals surface area contributed by atoms with E-state index in [1.54, 1.807) is 24.2 Å². The molecule has 3 rings (SSSR count). The van der Waals surface area contributed by atoms with Crippen LogP contribution < -0.4 is 0 Å². The summed E-state index contributed by atoms with van der Waals surface area (Å²) in [6, 6.07) is 4.38. The molecule has 1 aromatic carbocycles. The molecule has 0 aromatic heterocycles. The molecule has 1 N–H and O–H groups in total. The van der Waals surface area contributed by atoms with Gasteiger partial charge in [0.15, 0.2) is 0 Å². The number of carbonyl (C=O) groups excluding carboxylic acids is 2. The van der Waals surface area contributed by atoms with Crippen molar-refractivity contribution >= 4 is 29.5 Å². The van der Waals surface area contributed by atoms with Crippen molar-refractivity contribution < 1.29 is 23.8 Å². The van der Waals surface area contributed by atoms with E-state index in [2.05, 4.69) is 4.90 Å². The van der Waals surface area contributed by atoms with Crippen LogP contribution >= 0.6 is 11.6 Å². The van der Waals surface area contributed by atoms with Gasteiger partial charge in [0.25, 0.3) is 0 Å². The van der Waals surface area contributed by atoms with Crippen LogP contribution in [0.1, 0.15) is 31.2 Å². The Morgan fingerprint density at radius 1 is 1.24 bits per heavy atom. The summed E-state index contributed by atoms with van der Waals surface area (Å²) in [4.78, 5) is 31.0. The number of hydrogen-bond donors (Lipinski definition) is 1. The van der Waals surface area contributed by atoms with Crippen LogP contribution in [0.3, 0.4) is 0 Å². The number of amides is 2. The van der Waals surface area contributed by atoms with Gasteiger partial charge in [-0.05, 0) is 56.1 Å². The Kier molecular flexibility index (Phi) is 10.3. The quantitative estimate of drug-likeness (QED) is 0.421. The maximum Gasteiger partial charge on any atom is 0.246 e. The predicted octanol–water partition coefficient (Wildman–Crippen LogP) is 2.66. The fourth-order valence-electron chi connectivity index (χ4n) is 4.56. The van der Waals surface area contributed by atoms with Gasteiger partial charge in [0.2, 0.25) is 11.8 Å². The van der Waals surface area contributed by atoms with Gasteiger partial charge < -0.3 is 24.5 Å². The maximum absolute atomic E-state index is 13.6. The minimum atomic E-state index is -0.527. The van der Waals surface area contributed by atoms with Gasteiger partial charge in [0.05, 0.1) is 11.1 Å². The molecule has 0 aliphatic carbocycles. The fourth-order valence-corrected chi connectivity index (χ4v) is 4.68. The van der Waals surface area contributed by atoms with Gasteiger partial charge in [-0.1, -0.05) is 17.7 Å². The molecular formula is C25H35ClFN3O4. The van der Waals surface area contributed by atoms with E-state index in [4.69, 9.17) is 16.3 Å². The summed E-state index contributed by atoms with van der Waals surface area (Å²) in [5, 5.41) is 9.50. The van der Waals surface area contributed by atoms with Crippen LogP contribution in [0.2, 0.25) is 5.02 Å². The number of piperidine rings is 1. The van der Waals surface area contributed by atoms with E-state index in [1.807, 2.05) is 4.90 Å². The lowest BCUT2D eigenvalue weighted by Crippen LogP contribution is -2.46. The molecule has 0 saturated carbocycles.